The second-order valence-electron chi connectivity index (χ2n) is 6.36. The maximum Gasteiger partial charge on any atom is 0.191 e. The fourth-order valence-corrected chi connectivity index (χ4v) is 2.51. The molecular formula is C17H29N3O. The van der Waals surface area contributed by atoms with Crippen LogP contribution in [0, 0.1) is 5.92 Å². The lowest BCUT2D eigenvalue weighted by molar-refractivity contribution is 0.473. The summed E-state index contributed by atoms with van der Waals surface area (Å²) in [4.78, 5) is 4.72. The molecule has 0 spiro atoms. The first-order chi connectivity index (χ1) is 10.1. The molecule has 1 fully saturated rings. The number of hydrogen-bond donors (Lipinski definition) is 2. The van der Waals surface area contributed by atoms with E-state index >= 15 is 0 Å². The maximum atomic E-state index is 5.36. The number of aliphatic imine (C=N–C) groups is 1. The third-order valence-electron chi connectivity index (χ3n) is 4.27. The van der Waals surface area contributed by atoms with Crippen LogP contribution < -0.4 is 10.6 Å². The van der Waals surface area contributed by atoms with Crippen LogP contribution in [0.25, 0.3) is 0 Å². The van der Waals surface area contributed by atoms with Crippen LogP contribution in [-0.4, -0.2) is 24.6 Å². The van der Waals surface area contributed by atoms with Gasteiger partial charge in [0.05, 0.1) is 6.26 Å². The van der Waals surface area contributed by atoms with Crippen molar-refractivity contribution in [3.63, 3.8) is 0 Å². The number of furan rings is 1. The summed E-state index contributed by atoms with van der Waals surface area (Å²) < 4.78 is 5.36. The Morgan fingerprint density at radius 1 is 1.33 bits per heavy atom. The SMILES string of the molecule is CC(C)C(C)NC(=NCCc1ccco1)NC1CCCC1. The number of rotatable bonds is 6. The quantitative estimate of drug-likeness (QED) is 0.624. The van der Waals surface area contributed by atoms with Crippen LogP contribution in [-0.2, 0) is 6.42 Å². The molecule has 0 aromatic carbocycles. The number of nitrogens with zero attached hydrogens (tertiary/aromatic N) is 1. The van der Waals surface area contributed by atoms with Gasteiger partial charge in [-0.3, -0.25) is 4.99 Å². The first-order valence-electron chi connectivity index (χ1n) is 8.25. The second kappa shape index (κ2) is 8.11. The number of nitrogens with one attached hydrogen (secondary N) is 2. The summed E-state index contributed by atoms with van der Waals surface area (Å²) in [6.45, 7) is 7.42. The van der Waals surface area contributed by atoms with Gasteiger partial charge < -0.3 is 15.1 Å². The fourth-order valence-electron chi connectivity index (χ4n) is 2.51. The van der Waals surface area contributed by atoms with Gasteiger partial charge in [0.15, 0.2) is 5.96 Å². The Kier molecular flexibility index (Phi) is 6.15. The molecule has 1 saturated carbocycles. The Balaban J connectivity index is 1.89. The third-order valence-corrected chi connectivity index (χ3v) is 4.27. The Hall–Kier alpha value is -1.45. The molecule has 4 heteroatoms. The normalized spacial score (nSPS) is 18.2. The van der Waals surface area contributed by atoms with Gasteiger partial charge in [0.2, 0.25) is 0 Å². The zero-order chi connectivity index (χ0) is 15.1. The molecule has 21 heavy (non-hydrogen) atoms. The molecule has 2 rings (SSSR count). The standard InChI is InChI=1S/C17H29N3O/c1-13(2)14(3)19-17(20-15-7-4-5-8-15)18-11-10-16-9-6-12-21-16/h6,9,12-15H,4-5,7-8,10-11H2,1-3H3,(H2,18,19,20). The summed E-state index contributed by atoms with van der Waals surface area (Å²) in [7, 11) is 0. The number of guanidine groups is 1. The summed E-state index contributed by atoms with van der Waals surface area (Å²) in [5.74, 6) is 2.54. The monoisotopic (exact) mass is 291 g/mol. The highest BCUT2D eigenvalue weighted by Gasteiger charge is 2.17. The fraction of sp³-hybridized carbons (Fsp3) is 0.706. The van der Waals surface area contributed by atoms with E-state index in [9.17, 15) is 0 Å². The zero-order valence-electron chi connectivity index (χ0n) is 13.6. The first kappa shape index (κ1) is 15.9. The molecule has 4 nitrogen and oxygen atoms in total. The number of hydrogen-bond acceptors (Lipinski definition) is 2. The topological polar surface area (TPSA) is 49.6 Å². The van der Waals surface area contributed by atoms with Crippen molar-refractivity contribution in [3.05, 3.63) is 24.2 Å². The molecule has 2 N–H and O–H groups in total. The van der Waals surface area contributed by atoms with E-state index in [2.05, 4.69) is 31.4 Å². The molecule has 1 atom stereocenters. The van der Waals surface area contributed by atoms with E-state index in [1.54, 1.807) is 6.26 Å². The molecule has 1 aliphatic carbocycles. The minimum atomic E-state index is 0.418. The van der Waals surface area contributed by atoms with Crippen molar-refractivity contribution in [1.29, 1.82) is 0 Å². The molecule has 0 saturated heterocycles. The van der Waals surface area contributed by atoms with Crippen LogP contribution in [0.4, 0.5) is 0 Å². The lowest BCUT2D eigenvalue weighted by atomic mass is 10.1. The highest BCUT2D eigenvalue weighted by molar-refractivity contribution is 5.80. The van der Waals surface area contributed by atoms with Gasteiger partial charge in [-0.1, -0.05) is 26.7 Å². The molecule has 1 heterocycles. The Bertz CT molecular complexity index is 413. The average molecular weight is 291 g/mol. The van der Waals surface area contributed by atoms with Gasteiger partial charge in [0.1, 0.15) is 5.76 Å². The Morgan fingerprint density at radius 3 is 2.71 bits per heavy atom. The van der Waals surface area contributed by atoms with Gasteiger partial charge in [-0.2, -0.15) is 0 Å². The summed E-state index contributed by atoms with van der Waals surface area (Å²) in [5.41, 5.74) is 0. The van der Waals surface area contributed by atoms with Gasteiger partial charge >= 0.3 is 0 Å². The maximum absolute atomic E-state index is 5.36. The third kappa shape index (κ3) is 5.44. The van der Waals surface area contributed by atoms with Gasteiger partial charge in [0, 0.05) is 25.0 Å². The summed E-state index contributed by atoms with van der Waals surface area (Å²) >= 11 is 0. The van der Waals surface area contributed by atoms with Crippen molar-refractivity contribution < 1.29 is 4.42 Å². The molecule has 0 bridgehead atoms. The molecule has 1 unspecified atom stereocenters. The van der Waals surface area contributed by atoms with Crippen molar-refractivity contribution in [3.8, 4) is 0 Å². The van der Waals surface area contributed by atoms with E-state index < -0.39 is 0 Å². The zero-order valence-corrected chi connectivity index (χ0v) is 13.6. The van der Waals surface area contributed by atoms with Crippen LogP contribution in [0.2, 0.25) is 0 Å². The van der Waals surface area contributed by atoms with Crippen molar-refractivity contribution in [2.45, 2.75) is 65.0 Å². The molecule has 0 aliphatic heterocycles. The van der Waals surface area contributed by atoms with Gasteiger partial charge in [-0.05, 0) is 37.8 Å². The lowest BCUT2D eigenvalue weighted by Crippen LogP contribution is -2.47. The summed E-state index contributed by atoms with van der Waals surface area (Å²) in [6, 6.07) is 4.93. The lowest BCUT2D eigenvalue weighted by Gasteiger charge is -2.23. The minimum Gasteiger partial charge on any atom is -0.469 e. The second-order valence-corrected chi connectivity index (χ2v) is 6.36. The highest BCUT2D eigenvalue weighted by Crippen LogP contribution is 2.17. The van der Waals surface area contributed by atoms with Crippen LogP contribution in [0.3, 0.4) is 0 Å². The predicted octanol–water partition coefficient (Wildman–Crippen LogP) is 3.34. The van der Waals surface area contributed by atoms with Crippen molar-refractivity contribution in [1.82, 2.24) is 10.6 Å². The van der Waals surface area contributed by atoms with E-state index in [0.29, 0.717) is 18.0 Å². The summed E-state index contributed by atoms with van der Waals surface area (Å²) in [5, 5.41) is 7.12. The van der Waals surface area contributed by atoms with Crippen molar-refractivity contribution in [2.75, 3.05) is 6.54 Å². The predicted molar refractivity (Wildman–Crippen MR) is 87.5 cm³/mol. The molecule has 1 aliphatic rings. The van der Waals surface area contributed by atoms with Gasteiger partial charge in [0.25, 0.3) is 0 Å². The van der Waals surface area contributed by atoms with E-state index in [1.165, 1.54) is 25.7 Å². The van der Waals surface area contributed by atoms with Gasteiger partial charge in [-0.15, -0.1) is 0 Å². The Labute approximate surface area is 128 Å². The van der Waals surface area contributed by atoms with E-state index in [0.717, 1.165) is 24.7 Å². The van der Waals surface area contributed by atoms with Crippen LogP contribution >= 0.6 is 0 Å². The van der Waals surface area contributed by atoms with Crippen molar-refractivity contribution in [2.24, 2.45) is 10.9 Å². The molecule has 1 aromatic rings. The van der Waals surface area contributed by atoms with E-state index in [-0.39, 0.29) is 0 Å². The minimum absolute atomic E-state index is 0.418. The van der Waals surface area contributed by atoms with E-state index in [4.69, 9.17) is 9.41 Å². The average Bonchev–Trinajstić information content (AvgIpc) is 3.11. The van der Waals surface area contributed by atoms with Gasteiger partial charge in [-0.25, -0.2) is 0 Å². The van der Waals surface area contributed by atoms with Crippen LogP contribution in [0.15, 0.2) is 27.8 Å². The summed E-state index contributed by atoms with van der Waals surface area (Å²) in [6.07, 6.45) is 7.74. The molecular weight excluding hydrogens is 262 g/mol. The Morgan fingerprint density at radius 2 is 2.10 bits per heavy atom. The largest absolute Gasteiger partial charge is 0.469 e. The van der Waals surface area contributed by atoms with Crippen LogP contribution in [0.1, 0.15) is 52.2 Å². The first-order valence-corrected chi connectivity index (χ1v) is 8.25. The molecule has 1 aromatic heterocycles. The molecule has 0 radical (unpaired) electrons. The van der Waals surface area contributed by atoms with Crippen molar-refractivity contribution >= 4 is 5.96 Å². The molecule has 118 valence electrons. The smallest absolute Gasteiger partial charge is 0.191 e. The highest BCUT2D eigenvalue weighted by atomic mass is 16.3. The van der Waals surface area contributed by atoms with Crippen LogP contribution in [0.5, 0.6) is 0 Å². The molecule has 0 amide bonds. The van der Waals surface area contributed by atoms with E-state index in [1.807, 2.05) is 12.1 Å².